The Labute approximate surface area is 146 Å². The summed E-state index contributed by atoms with van der Waals surface area (Å²) in [5.74, 6) is -0.272. The topological polar surface area (TPSA) is 52.7 Å². The van der Waals surface area contributed by atoms with Gasteiger partial charge in [0, 0.05) is 19.2 Å². The van der Waals surface area contributed by atoms with Gasteiger partial charge < -0.3 is 15.1 Å². The Kier molecular flexibility index (Phi) is 7.42. The Bertz CT molecular complexity index is 545. The minimum absolute atomic E-state index is 0.0478. The molecule has 0 radical (unpaired) electrons. The summed E-state index contributed by atoms with van der Waals surface area (Å²) in [5, 5.41) is 2.87. The second-order valence-electron chi connectivity index (χ2n) is 7.41. The molecule has 0 atom stereocenters. The highest BCUT2D eigenvalue weighted by molar-refractivity contribution is 5.97. The standard InChI is InChI=1S/C19H31N3O2/c1-15(23)22(14-18(24)20-12-7-13-21(5)6)17-10-8-16(9-11-17)19(2,3)4/h8-11H,7,12-14H2,1-6H3,(H,20,24). The maximum atomic E-state index is 12.1. The van der Waals surface area contributed by atoms with Crippen molar-refractivity contribution < 1.29 is 9.59 Å². The molecule has 0 bridgehead atoms. The van der Waals surface area contributed by atoms with Gasteiger partial charge in [-0.2, -0.15) is 0 Å². The Morgan fingerprint density at radius 1 is 1.08 bits per heavy atom. The predicted molar refractivity (Wildman–Crippen MR) is 99.3 cm³/mol. The van der Waals surface area contributed by atoms with Crippen LogP contribution in [0.4, 0.5) is 5.69 Å². The molecule has 1 aromatic rings. The molecule has 0 fully saturated rings. The van der Waals surface area contributed by atoms with Crippen LogP contribution in [0.25, 0.3) is 0 Å². The van der Waals surface area contributed by atoms with Crippen molar-refractivity contribution in [1.82, 2.24) is 10.2 Å². The van der Waals surface area contributed by atoms with Gasteiger partial charge in [0.1, 0.15) is 6.54 Å². The average Bonchev–Trinajstić information content (AvgIpc) is 2.48. The highest BCUT2D eigenvalue weighted by Crippen LogP contribution is 2.25. The third-order valence-electron chi connectivity index (χ3n) is 3.83. The summed E-state index contributed by atoms with van der Waals surface area (Å²) in [5.41, 5.74) is 2.01. The third kappa shape index (κ3) is 6.71. The van der Waals surface area contributed by atoms with Gasteiger partial charge in [-0.3, -0.25) is 9.59 Å². The van der Waals surface area contributed by atoms with Crippen LogP contribution in [-0.2, 0) is 15.0 Å². The molecule has 5 heteroatoms. The highest BCUT2D eigenvalue weighted by Gasteiger charge is 2.18. The van der Waals surface area contributed by atoms with E-state index >= 15 is 0 Å². The van der Waals surface area contributed by atoms with E-state index in [2.05, 4.69) is 31.0 Å². The van der Waals surface area contributed by atoms with Gasteiger partial charge in [-0.05, 0) is 50.2 Å². The average molecular weight is 333 g/mol. The summed E-state index contributed by atoms with van der Waals surface area (Å²) in [6.07, 6.45) is 0.888. The summed E-state index contributed by atoms with van der Waals surface area (Å²) in [6.45, 7) is 9.50. The second kappa shape index (κ2) is 8.83. The lowest BCUT2D eigenvalue weighted by Gasteiger charge is -2.23. The van der Waals surface area contributed by atoms with E-state index in [1.165, 1.54) is 17.4 Å². The summed E-state index contributed by atoms with van der Waals surface area (Å²) in [4.78, 5) is 27.6. The number of rotatable bonds is 7. The van der Waals surface area contributed by atoms with E-state index in [9.17, 15) is 9.59 Å². The molecule has 0 heterocycles. The minimum Gasteiger partial charge on any atom is -0.355 e. The number of anilines is 1. The zero-order valence-corrected chi connectivity index (χ0v) is 15.8. The lowest BCUT2D eigenvalue weighted by atomic mass is 9.87. The third-order valence-corrected chi connectivity index (χ3v) is 3.83. The number of hydrogen-bond acceptors (Lipinski definition) is 3. The van der Waals surface area contributed by atoms with Crippen LogP contribution in [-0.4, -0.2) is 50.4 Å². The molecule has 1 N–H and O–H groups in total. The summed E-state index contributed by atoms with van der Waals surface area (Å²) < 4.78 is 0. The molecule has 0 saturated heterocycles. The van der Waals surface area contributed by atoms with Crippen molar-refractivity contribution in [3.05, 3.63) is 29.8 Å². The summed E-state index contributed by atoms with van der Waals surface area (Å²) in [7, 11) is 4.00. The van der Waals surface area contributed by atoms with Crippen LogP contribution in [0, 0.1) is 0 Å². The van der Waals surface area contributed by atoms with Crippen molar-refractivity contribution in [2.45, 2.75) is 39.5 Å². The Balaban J connectivity index is 2.67. The summed E-state index contributed by atoms with van der Waals surface area (Å²) in [6, 6.07) is 7.84. The first kappa shape index (κ1) is 20.2. The molecule has 134 valence electrons. The first-order valence-electron chi connectivity index (χ1n) is 8.41. The first-order valence-corrected chi connectivity index (χ1v) is 8.41. The molecule has 5 nitrogen and oxygen atoms in total. The molecule has 1 aromatic carbocycles. The largest absolute Gasteiger partial charge is 0.355 e. The molecular weight excluding hydrogens is 302 g/mol. The number of hydrogen-bond donors (Lipinski definition) is 1. The fourth-order valence-corrected chi connectivity index (χ4v) is 2.35. The maximum Gasteiger partial charge on any atom is 0.240 e. The lowest BCUT2D eigenvalue weighted by Crippen LogP contribution is -2.40. The SMILES string of the molecule is CC(=O)N(CC(=O)NCCCN(C)C)c1ccc(C(C)(C)C)cc1. The number of carbonyl (C=O) groups excluding carboxylic acids is 2. The van der Waals surface area contributed by atoms with Gasteiger partial charge in [0.15, 0.2) is 0 Å². The van der Waals surface area contributed by atoms with E-state index in [4.69, 9.17) is 0 Å². The molecular formula is C19H31N3O2. The van der Waals surface area contributed by atoms with Crippen LogP contribution in [0.2, 0.25) is 0 Å². The fourth-order valence-electron chi connectivity index (χ4n) is 2.35. The van der Waals surface area contributed by atoms with E-state index in [1.54, 1.807) is 0 Å². The van der Waals surface area contributed by atoms with Crippen molar-refractivity contribution >= 4 is 17.5 Å². The zero-order chi connectivity index (χ0) is 18.3. The molecule has 0 aliphatic heterocycles. The minimum atomic E-state index is -0.137. The Morgan fingerprint density at radius 3 is 2.12 bits per heavy atom. The first-order chi connectivity index (χ1) is 11.1. The number of carbonyl (C=O) groups is 2. The van der Waals surface area contributed by atoms with Crippen molar-refractivity contribution in [2.75, 3.05) is 38.6 Å². The molecule has 24 heavy (non-hydrogen) atoms. The van der Waals surface area contributed by atoms with Gasteiger partial charge >= 0.3 is 0 Å². The normalized spacial score (nSPS) is 11.5. The molecule has 0 spiro atoms. The van der Waals surface area contributed by atoms with Crippen LogP contribution < -0.4 is 10.2 Å². The van der Waals surface area contributed by atoms with E-state index in [0.717, 1.165) is 18.7 Å². The van der Waals surface area contributed by atoms with Crippen LogP contribution in [0.5, 0.6) is 0 Å². The molecule has 0 saturated carbocycles. The monoisotopic (exact) mass is 333 g/mol. The van der Waals surface area contributed by atoms with Gasteiger partial charge in [-0.25, -0.2) is 0 Å². The molecule has 0 aliphatic rings. The zero-order valence-electron chi connectivity index (χ0n) is 15.8. The van der Waals surface area contributed by atoms with Crippen LogP contribution in [0.15, 0.2) is 24.3 Å². The number of benzene rings is 1. The van der Waals surface area contributed by atoms with Crippen LogP contribution in [0.1, 0.15) is 39.7 Å². The predicted octanol–water partition coefficient (Wildman–Crippen LogP) is 2.40. The van der Waals surface area contributed by atoms with Crippen LogP contribution in [0.3, 0.4) is 0 Å². The van der Waals surface area contributed by atoms with Crippen molar-refractivity contribution in [2.24, 2.45) is 0 Å². The van der Waals surface area contributed by atoms with E-state index in [1.807, 2.05) is 38.4 Å². The Hall–Kier alpha value is -1.88. The number of amides is 2. The van der Waals surface area contributed by atoms with E-state index in [-0.39, 0.29) is 23.8 Å². The van der Waals surface area contributed by atoms with Gasteiger partial charge in [0.2, 0.25) is 11.8 Å². The Morgan fingerprint density at radius 2 is 1.67 bits per heavy atom. The molecule has 0 aliphatic carbocycles. The second-order valence-corrected chi connectivity index (χ2v) is 7.41. The molecule has 0 aromatic heterocycles. The van der Waals surface area contributed by atoms with Crippen molar-refractivity contribution in [1.29, 1.82) is 0 Å². The molecule has 0 unspecified atom stereocenters. The van der Waals surface area contributed by atoms with Gasteiger partial charge in [0.05, 0.1) is 0 Å². The van der Waals surface area contributed by atoms with Gasteiger partial charge in [-0.15, -0.1) is 0 Å². The molecule has 1 rings (SSSR count). The smallest absolute Gasteiger partial charge is 0.240 e. The maximum absolute atomic E-state index is 12.1. The van der Waals surface area contributed by atoms with Crippen molar-refractivity contribution in [3.63, 3.8) is 0 Å². The fraction of sp³-hybridized carbons (Fsp3) is 0.579. The van der Waals surface area contributed by atoms with Gasteiger partial charge in [-0.1, -0.05) is 32.9 Å². The number of nitrogens with zero attached hydrogens (tertiary/aromatic N) is 2. The van der Waals surface area contributed by atoms with Gasteiger partial charge in [0.25, 0.3) is 0 Å². The van der Waals surface area contributed by atoms with E-state index in [0.29, 0.717) is 6.54 Å². The van der Waals surface area contributed by atoms with Crippen molar-refractivity contribution in [3.8, 4) is 0 Å². The van der Waals surface area contributed by atoms with Crippen LogP contribution >= 0.6 is 0 Å². The number of nitrogens with one attached hydrogen (secondary N) is 1. The lowest BCUT2D eigenvalue weighted by molar-refractivity contribution is -0.123. The van der Waals surface area contributed by atoms with E-state index < -0.39 is 0 Å². The quantitative estimate of drug-likeness (QED) is 0.780. The highest BCUT2D eigenvalue weighted by atomic mass is 16.2. The summed E-state index contributed by atoms with van der Waals surface area (Å²) >= 11 is 0. The molecule has 2 amide bonds.